The van der Waals surface area contributed by atoms with Crippen LogP contribution in [0.1, 0.15) is 27.2 Å². The molecule has 0 aliphatic heterocycles. The van der Waals surface area contributed by atoms with Crippen molar-refractivity contribution < 1.29 is 19.0 Å². The van der Waals surface area contributed by atoms with Gasteiger partial charge in [-0.1, -0.05) is 18.2 Å². The second kappa shape index (κ2) is 7.75. The summed E-state index contributed by atoms with van der Waals surface area (Å²) in [4.78, 5) is 16.9. The highest BCUT2D eigenvalue weighted by Gasteiger charge is 2.20. The average Bonchev–Trinajstić information content (AvgIpc) is 2.71. The third kappa shape index (κ3) is 3.53. The van der Waals surface area contributed by atoms with Gasteiger partial charge in [-0.05, 0) is 30.7 Å². The molecule has 0 N–H and O–H groups in total. The Morgan fingerprint density at radius 3 is 2.63 bits per heavy atom. The van der Waals surface area contributed by atoms with Gasteiger partial charge in [-0.15, -0.1) is 0 Å². The van der Waals surface area contributed by atoms with Crippen LogP contribution < -0.4 is 9.47 Å². The number of para-hydroxylation sites is 1. The summed E-state index contributed by atoms with van der Waals surface area (Å²) in [5, 5.41) is 9.89. The third-order valence-corrected chi connectivity index (χ3v) is 4.27. The lowest BCUT2D eigenvalue weighted by Gasteiger charge is -2.15. The van der Waals surface area contributed by atoms with Crippen LogP contribution in [0.15, 0.2) is 42.5 Å². The number of methoxy groups -OCH3 is 2. The van der Waals surface area contributed by atoms with Crippen LogP contribution in [0, 0.1) is 18.3 Å². The number of fused-ring (bicyclic) bond motifs is 1. The first-order valence-electron chi connectivity index (χ1n) is 8.26. The van der Waals surface area contributed by atoms with Crippen molar-refractivity contribution in [2.75, 3.05) is 14.2 Å². The number of carbonyl (C=O) groups is 1. The van der Waals surface area contributed by atoms with Gasteiger partial charge in [-0.2, -0.15) is 5.26 Å². The zero-order chi connectivity index (χ0) is 19.4. The smallest absolute Gasteiger partial charge is 0.340 e. The van der Waals surface area contributed by atoms with Gasteiger partial charge in [-0.3, -0.25) is 0 Å². The number of hydrogen-bond acceptors (Lipinski definition) is 6. The van der Waals surface area contributed by atoms with Gasteiger partial charge in [0.25, 0.3) is 0 Å². The van der Waals surface area contributed by atoms with Crippen molar-refractivity contribution in [3.8, 4) is 17.6 Å². The van der Waals surface area contributed by atoms with E-state index in [1.165, 1.54) is 14.2 Å². The van der Waals surface area contributed by atoms with Crippen molar-refractivity contribution in [3.05, 3.63) is 64.8 Å². The van der Waals surface area contributed by atoms with Gasteiger partial charge in [-0.25, -0.2) is 9.78 Å². The largest absolute Gasteiger partial charge is 0.493 e. The SMILES string of the molecule is COC(=O)c1c(COc2ccc(C#N)cc2OC)nc2ccccc2c1C. The highest BCUT2D eigenvalue weighted by atomic mass is 16.5. The van der Waals surface area contributed by atoms with E-state index in [2.05, 4.69) is 11.1 Å². The monoisotopic (exact) mass is 362 g/mol. The van der Waals surface area contributed by atoms with E-state index in [0.29, 0.717) is 28.3 Å². The highest BCUT2D eigenvalue weighted by Crippen LogP contribution is 2.30. The topological polar surface area (TPSA) is 81.4 Å². The summed E-state index contributed by atoms with van der Waals surface area (Å²) in [6.45, 7) is 1.92. The number of hydrogen-bond donors (Lipinski definition) is 0. The van der Waals surface area contributed by atoms with Gasteiger partial charge < -0.3 is 14.2 Å². The van der Waals surface area contributed by atoms with Gasteiger partial charge >= 0.3 is 5.97 Å². The minimum atomic E-state index is -0.462. The molecule has 136 valence electrons. The number of nitrogens with zero attached hydrogens (tertiary/aromatic N) is 2. The second-order valence-electron chi connectivity index (χ2n) is 5.83. The van der Waals surface area contributed by atoms with Crippen molar-refractivity contribution in [2.45, 2.75) is 13.5 Å². The zero-order valence-electron chi connectivity index (χ0n) is 15.3. The third-order valence-electron chi connectivity index (χ3n) is 4.27. The van der Waals surface area contributed by atoms with E-state index >= 15 is 0 Å². The molecular formula is C21H18N2O4. The Kier molecular flexibility index (Phi) is 5.23. The van der Waals surface area contributed by atoms with Gasteiger partial charge in [0.15, 0.2) is 11.5 Å². The number of benzene rings is 2. The van der Waals surface area contributed by atoms with Crippen LogP contribution in [-0.2, 0) is 11.3 Å². The molecule has 0 unspecified atom stereocenters. The first-order chi connectivity index (χ1) is 13.1. The van der Waals surface area contributed by atoms with Crippen LogP contribution >= 0.6 is 0 Å². The Hall–Kier alpha value is -3.59. The highest BCUT2D eigenvalue weighted by molar-refractivity contribution is 5.98. The van der Waals surface area contributed by atoms with E-state index in [9.17, 15) is 4.79 Å². The summed E-state index contributed by atoms with van der Waals surface area (Å²) in [5.41, 5.74) is 2.90. The molecule has 0 atom stereocenters. The van der Waals surface area contributed by atoms with Crippen molar-refractivity contribution >= 4 is 16.9 Å². The molecule has 0 bridgehead atoms. The first kappa shape index (κ1) is 18.2. The second-order valence-corrected chi connectivity index (χ2v) is 5.83. The number of pyridine rings is 1. The van der Waals surface area contributed by atoms with E-state index in [1.807, 2.05) is 31.2 Å². The standard InChI is InChI=1S/C21H18N2O4/c1-13-15-6-4-5-7-16(15)23-17(20(13)21(24)26-3)12-27-18-9-8-14(11-22)10-19(18)25-2/h4-10H,12H2,1-3H3. The van der Waals surface area contributed by atoms with Gasteiger partial charge in [0.2, 0.25) is 0 Å². The predicted octanol–water partition coefficient (Wildman–Crippen LogP) is 3.79. The molecule has 27 heavy (non-hydrogen) atoms. The predicted molar refractivity (Wildman–Crippen MR) is 99.9 cm³/mol. The van der Waals surface area contributed by atoms with E-state index in [4.69, 9.17) is 19.5 Å². The van der Waals surface area contributed by atoms with Gasteiger partial charge in [0.1, 0.15) is 6.61 Å². The van der Waals surface area contributed by atoms with E-state index in [1.54, 1.807) is 18.2 Å². The number of aryl methyl sites for hydroxylation is 1. The molecule has 0 aliphatic carbocycles. The van der Waals surface area contributed by atoms with Crippen LogP contribution in [0.25, 0.3) is 10.9 Å². The fourth-order valence-electron chi connectivity index (χ4n) is 2.92. The Bertz CT molecular complexity index is 1050. The molecule has 0 radical (unpaired) electrons. The van der Waals surface area contributed by atoms with Crippen LogP contribution in [0.3, 0.4) is 0 Å². The lowest BCUT2D eigenvalue weighted by molar-refractivity contribution is 0.0596. The molecule has 2 aromatic carbocycles. The molecule has 0 amide bonds. The number of ether oxygens (including phenoxy) is 3. The average molecular weight is 362 g/mol. The van der Waals surface area contributed by atoms with Gasteiger partial charge in [0.05, 0.1) is 42.6 Å². The van der Waals surface area contributed by atoms with Crippen LogP contribution in [0.5, 0.6) is 11.5 Å². The quantitative estimate of drug-likeness (QED) is 0.642. The van der Waals surface area contributed by atoms with E-state index in [-0.39, 0.29) is 6.61 Å². The van der Waals surface area contributed by atoms with Crippen molar-refractivity contribution in [1.29, 1.82) is 5.26 Å². The van der Waals surface area contributed by atoms with E-state index in [0.717, 1.165) is 16.5 Å². The fraction of sp³-hybridized carbons (Fsp3) is 0.190. The van der Waals surface area contributed by atoms with Gasteiger partial charge in [0, 0.05) is 11.5 Å². The molecule has 3 aromatic rings. The number of esters is 1. The van der Waals surface area contributed by atoms with Crippen LogP contribution in [-0.4, -0.2) is 25.2 Å². The maximum Gasteiger partial charge on any atom is 0.340 e. The summed E-state index contributed by atoms with van der Waals surface area (Å²) in [6, 6.07) is 14.5. The van der Waals surface area contributed by atoms with E-state index < -0.39 is 5.97 Å². The molecule has 0 spiro atoms. The fourth-order valence-corrected chi connectivity index (χ4v) is 2.92. The Balaban J connectivity index is 2.02. The Labute approximate surface area is 156 Å². The van der Waals surface area contributed by atoms with Crippen molar-refractivity contribution in [3.63, 3.8) is 0 Å². The molecular weight excluding hydrogens is 344 g/mol. The zero-order valence-corrected chi connectivity index (χ0v) is 15.3. The minimum Gasteiger partial charge on any atom is -0.493 e. The summed E-state index contributed by atoms with van der Waals surface area (Å²) in [6.07, 6.45) is 0. The Morgan fingerprint density at radius 2 is 1.93 bits per heavy atom. The summed E-state index contributed by atoms with van der Waals surface area (Å²) < 4.78 is 16.1. The lowest BCUT2D eigenvalue weighted by Crippen LogP contribution is -2.13. The first-order valence-corrected chi connectivity index (χ1v) is 8.26. The van der Waals surface area contributed by atoms with Crippen molar-refractivity contribution in [2.24, 2.45) is 0 Å². The number of nitriles is 1. The number of carbonyl (C=O) groups excluding carboxylic acids is 1. The maximum absolute atomic E-state index is 12.3. The molecule has 0 saturated heterocycles. The lowest BCUT2D eigenvalue weighted by atomic mass is 10.0. The van der Waals surface area contributed by atoms with Crippen LogP contribution in [0.2, 0.25) is 0 Å². The molecule has 1 heterocycles. The summed E-state index contributed by atoms with van der Waals surface area (Å²) in [5.74, 6) is 0.433. The molecule has 0 aliphatic rings. The normalized spacial score (nSPS) is 10.3. The number of rotatable bonds is 5. The van der Waals surface area contributed by atoms with Crippen LogP contribution in [0.4, 0.5) is 0 Å². The summed E-state index contributed by atoms with van der Waals surface area (Å²) in [7, 11) is 2.84. The number of aromatic nitrogens is 1. The molecule has 3 rings (SSSR count). The molecule has 0 saturated carbocycles. The molecule has 6 nitrogen and oxygen atoms in total. The maximum atomic E-state index is 12.3. The van der Waals surface area contributed by atoms with Crippen molar-refractivity contribution in [1.82, 2.24) is 4.98 Å². The molecule has 1 aromatic heterocycles. The molecule has 6 heteroatoms. The summed E-state index contributed by atoms with van der Waals surface area (Å²) >= 11 is 0. The molecule has 0 fully saturated rings. The Morgan fingerprint density at radius 1 is 1.15 bits per heavy atom. The minimum absolute atomic E-state index is 0.0539.